The van der Waals surface area contributed by atoms with Crippen molar-refractivity contribution >= 4 is 17.6 Å². The van der Waals surface area contributed by atoms with Gasteiger partial charge in [0, 0.05) is 12.4 Å². The Bertz CT molecular complexity index is 843. The number of carboxylic acids is 2. The Morgan fingerprint density at radius 2 is 1.50 bits per heavy atom. The van der Waals surface area contributed by atoms with Crippen molar-refractivity contribution in [3.8, 4) is 0 Å². The lowest BCUT2D eigenvalue weighted by atomic mass is 9.83. The molecule has 2 rings (SSSR count). The highest BCUT2D eigenvalue weighted by Gasteiger charge is 2.49. The molecule has 28 heavy (non-hydrogen) atoms. The number of rotatable bonds is 8. The summed E-state index contributed by atoms with van der Waals surface area (Å²) in [5.74, 6) is -4.08. The van der Waals surface area contributed by atoms with Crippen molar-refractivity contribution in [1.29, 1.82) is 0 Å². The summed E-state index contributed by atoms with van der Waals surface area (Å²) in [6.07, 6.45) is -9.30. The van der Waals surface area contributed by atoms with Gasteiger partial charge in [0.15, 0.2) is 5.54 Å². The number of halogens is 3. The highest BCUT2D eigenvalue weighted by molar-refractivity contribution is 5.81. The molecule has 2 unspecified atom stereocenters. The first-order valence-electron chi connectivity index (χ1n) is 7.84. The Labute approximate surface area is 157 Å². The van der Waals surface area contributed by atoms with Crippen LogP contribution in [0.15, 0.2) is 70.9 Å². The molecule has 0 aromatic heterocycles. The van der Waals surface area contributed by atoms with Crippen LogP contribution < -0.4 is 10.2 Å². The largest absolute Gasteiger partial charge is 0.550 e. The van der Waals surface area contributed by atoms with Crippen LogP contribution in [-0.2, 0) is 19.9 Å². The smallest absolute Gasteiger partial charge is 0.522 e. The fraction of sp³-hybridized carbons (Fsp3) is 0.222. The molecule has 0 aliphatic heterocycles. The molecule has 0 bridgehead atoms. The fourth-order valence-electron chi connectivity index (χ4n) is 2.51. The minimum absolute atomic E-state index is 0.128. The van der Waals surface area contributed by atoms with E-state index in [1.54, 1.807) is 18.2 Å². The second-order valence-corrected chi connectivity index (χ2v) is 5.58. The summed E-state index contributed by atoms with van der Waals surface area (Å²) in [4.78, 5) is 23.1. The van der Waals surface area contributed by atoms with Crippen molar-refractivity contribution in [3.63, 3.8) is 0 Å². The van der Waals surface area contributed by atoms with Gasteiger partial charge < -0.3 is 19.8 Å². The number of carboxylic acid groups (broad SMARTS) is 2. The summed E-state index contributed by atoms with van der Waals surface area (Å²) >= 11 is 0. The molecule has 2 aromatic carbocycles. The van der Waals surface area contributed by atoms with E-state index in [0.717, 1.165) is 12.1 Å². The van der Waals surface area contributed by atoms with Crippen molar-refractivity contribution in [2.75, 3.05) is 0 Å². The normalized spacial score (nSPS) is 15.1. The monoisotopic (exact) mass is 394 g/mol. The predicted molar refractivity (Wildman–Crippen MR) is 84.6 cm³/mol. The molecule has 2 atom stereocenters. The van der Waals surface area contributed by atoms with Crippen LogP contribution in [0.5, 0.6) is 0 Å². The number of hydrogen-bond donors (Lipinski definition) is 0. The lowest BCUT2D eigenvalue weighted by Gasteiger charge is -2.37. The maximum absolute atomic E-state index is 12.9. The van der Waals surface area contributed by atoms with Crippen LogP contribution in [0.4, 0.5) is 18.9 Å². The van der Waals surface area contributed by atoms with Gasteiger partial charge in [0.1, 0.15) is 6.10 Å². The molecular formula is C18H13F3N2O5-2. The highest BCUT2D eigenvalue weighted by atomic mass is 19.4. The number of ether oxygens (including phenoxy) is 1. The fourth-order valence-corrected chi connectivity index (χ4v) is 2.51. The van der Waals surface area contributed by atoms with Crippen molar-refractivity contribution in [1.82, 2.24) is 0 Å². The Kier molecular flexibility index (Phi) is 6.47. The summed E-state index contributed by atoms with van der Waals surface area (Å²) in [5, 5.41) is 30.3. The molecule has 0 amide bonds. The molecule has 0 fully saturated rings. The molecule has 0 saturated carbocycles. The van der Waals surface area contributed by atoms with E-state index in [-0.39, 0.29) is 11.3 Å². The first-order valence-corrected chi connectivity index (χ1v) is 7.84. The molecule has 10 heteroatoms. The Hall–Kier alpha value is -3.27. The van der Waals surface area contributed by atoms with Crippen molar-refractivity contribution in [3.05, 3.63) is 66.2 Å². The van der Waals surface area contributed by atoms with Crippen LogP contribution in [-0.4, -0.2) is 24.4 Å². The number of aliphatic carboxylic acids is 2. The minimum atomic E-state index is -5.35. The quantitative estimate of drug-likeness (QED) is 0.629. The van der Waals surface area contributed by atoms with Gasteiger partial charge in [0.2, 0.25) is 0 Å². The van der Waals surface area contributed by atoms with Gasteiger partial charge in [-0.25, -0.2) is 0 Å². The van der Waals surface area contributed by atoms with Crippen molar-refractivity contribution < 1.29 is 37.7 Å². The van der Waals surface area contributed by atoms with Crippen LogP contribution in [0, 0.1) is 0 Å². The van der Waals surface area contributed by atoms with Gasteiger partial charge in [-0.3, -0.25) is 4.74 Å². The molecule has 0 heterocycles. The van der Waals surface area contributed by atoms with Crippen LogP contribution >= 0.6 is 0 Å². The zero-order valence-corrected chi connectivity index (χ0v) is 14.1. The third-order valence-electron chi connectivity index (χ3n) is 3.70. The van der Waals surface area contributed by atoms with Gasteiger partial charge in [-0.05, 0) is 17.7 Å². The van der Waals surface area contributed by atoms with E-state index < -0.39 is 36.4 Å². The van der Waals surface area contributed by atoms with Crippen LogP contribution in [0.2, 0.25) is 0 Å². The average molecular weight is 394 g/mol. The van der Waals surface area contributed by atoms with Gasteiger partial charge in [-0.1, -0.05) is 48.5 Å². The number of carbonyl (C=O) groups excluding carboxylic acids is 2. The molecule has 0 aliphatic carbocycles. The Morgan fingerprint density at radius 3 is 1.96 bits per heavy atom. The number of azo groups is 1. The zero-order chi connectivity index (χ0) is 20.8. The molecule has 2 aromatic rings. The molecule has 0 radical (unpaired) electrons. The molecule has 7 nitrogen and oxygen atoms in total. The molecule has 0 aliphatic rings. The van der Waals surface area contributed by atoms with E-state index in [1.807, 2.05) is 0 Å². The van der Waals surface area contributed by atoms with E-state index in [4.69, 9.17) is 0 Å². The highest BCUT2D eigenvalue weighted by Crippen LogP contribution is 2.38. The summed E-state index contributed by atoms with van der Waals surface area (Å²) in [7, 11) is 0. The van der Waals surface area contributed by atoms with Gasteiger partial charge in [-0.15, -0.1) is 13.2 Å². The number of benzene rings is 2. The van der Waals surface area contributed by atoms with Gasteiger partial charge in [0.05, 0.1) is 11.7 Å². The first-order chi connectivity index (χ1) is 13.1. The second-order valence-electron chi connectivity index (χ2n) is 5.58. The lowest BCUT2D eigenvalue weighted by molar-refractivity contribution is -0.364. The SMILES string of the molecule is O=C([O-])CC(OC(F)(F)F)C(N=Nc1ccccc1)(C(=O)[O-])c1ccccc1. The molecule has 148 valence electrons. The maximum atomic E-state index is 12.9. The standard InChI is InChI=1S/C18H15F3N2O5/c19-18(20,21)28-14(11-15(24)25)17(16(26)27,12-7-3-1-4-8-12)23-22-13-9-5-2-6-10-13/h1-10,14H,11H2,(H,24,25)(H,26,27)/p-2. The van der Waals surface area contributed by atoms with Crippen molar-refractivity contribution in [2.45, 2.75) is 24.4 Å². The number of carbonyl (C=O) groups is 2. The zero-order valence-electron chi connectivity index (χ0n) is 14.1. The Balaban J connectivity index is 2.68. The van der Waals surface area contributed by atoms with Gasteiger partial charge in [-0.2, -0.15) is 10.2 Å². The molecular weight excluding hydrogens is 381 g/mol. The summed E-state index contributed by atoms with van der Waals surface area (Å²) in [6, 6.07) is 14.0. The van der Waals surface area contributed by atoms with E-state index in [9.17, 15) is 33.0 Å². The number of nitrogens with zero attached hydrogens (tertiary/aromatic N) is 2. The van der Waals surface area contributed by atoms with Crippen LogP contribution in [0.1, 0.15) is 12.0 Å². The molecule has 0 saturated heterocycles. The van der Waals surface area contributed by atoms with E-state index >= 15 is 0 Å². The topological polar surface area (TPSA) is 114 Å². The molecule has 0 N–H and O–H groups in total. The first kappa shape index (κ1) is 21.0. The Morgan fingerprint density at radius 1 is 0.964 bits per heavy atom. The predicted octanol–water partition coefficient (Wildman–Crippen LogP) is 1.46. The van der Waals surface area contributed by atoms with Crippen molar-refractivity contribution in [2.24, 2.45) is 10.2 Å². The average Bonchev–Trinajstić information content (AvgIpc) is 2.62. The van der Waals surface area contributed by atoms with Crippen LogP contribution in [0.25, 0.3) is 0 Å². The van der Waals surface area contributed by atoms with Gasteiger partial charge in [0.25, 0.3) is 0 Å². The summed E-state index contributed by atoms with van der Waals surface area (Å²) in [6.45, 7) is 0. The number of hydrogen-bond acceptors (Lipinski definition) is 7. The molecule has 0 spiro atoms. The second kappa shape index (κ2) is 8.61. The third-order valence-corrected chi connectivity index (χ3v) is 3.70. The van der Waals surface area contributed by atoms with Crippen LogP contribution in [0.3, 0.4) is 0 Å². The lowest BCUT2D eigenvalue weighted by Crippen LogP contribution is -2.55. The summed E-state index contributed by atoms with van der Waals surface area (Å²) < 4.78 is 42.5. The van der Waals surface area contributed by atoms with E-state index in [0.29, 0.717) is 0 Å². The minimum Gasteiger partial charge on any atom is -0.550 e. The van der Waals surface area contributed by atoms with E-state index in [1.165, 1.54) is 30.3 Å². The number of alkyl halides is 3. The summed E-state index contributed by atoms with van der Waals surface area (Å²) in [5.41, 5.74) is -3.07. The van der Waals surface area contributed by atoms with Gasteiger partial charge >= 0.3 is 6.36 Å². The third kappa shape index (κ3) is 5.13. The van der Waals surface area contributed by atoms with E-state index in [2.05, 4.69) is 15.0 Å². The maximum Gasteiger partial charge on any atom is 0.522 e.